The van der Waals surface area contributed by atoms with Crippen LogP contribution in [-0.4, -0.2) is 20.1 Å². The molecule has 2 nitrogen and oxygen atoms in total. The Morgan fingerprint density at radius 2 is 1.50 bits per heavy atom. The molecule has 90 valence electrons. The fraction of sp³-hybridized carbons (Fsp3) is 0.200. The molecule has 1 heterocycles. The van der Waals surface area contributed by atoms with Crippen LogP contribution in [0.1, 0.15) is 11.1 Å². The van der Waals surface area contributed by atoms with Crippen LogP contribution in [0, 0.1) is 0 Å². The molecule has 0 aromatic heterocycles. The van der Waals surface area contributed by atoms with Gasteiger partial charge >= 0.3 is 6.92 Å². The molecule has 18 heavy (non-hydrogen) atoms. The summed E-state index contributed by atoms with van der Waals surface area (Å²) in [6.45, 7) is 1.18. The summed E-state index contributed by atoms with van der Waals surface area (Å²) in [4.78, 5) is 0. The Bertz CT molecular complexity index is 510. The first-order valence-corrected chi connectivity index (χ1v) is 6.37. The Kier molecular flexibility index (Phi) is 3.18. The lowest BCUT2D eigenvalue weighted by atomic mass is 9.49. The summed E-state index contributed by atoms with van der Waals surface area (Å²) in [5.41, 5.74) is 10.8. The molecule has 3 heteroatoms. The molecule has 1 aliphatic rings. The van der Waals surface area contributed by atoms with Gasteiger partial charge in [-0.2, -0.15) is 0 Å². The van der Waals surface area contributed by atoms with Gasteiger partial charge < -0.3 is 10.4 Å². The van der Waals surface area contributed by atoms with Crippen molar-refractivity contribution < 1.29 is 4.65 Å². The summed E-state index contributed by atoms with van der Waals surface area (Å²) >= 11 is 0. The molecule has 0 saturated heterocycles. The topological polar surface area (TPSA) is 35.2 Å². The molecule has 3 rings (SSSR count). The van der Waals surface area contributed by atoms with E-state index in [4.69, 9.17) is 10.4 Å². The minimum Gasteiger partial charge on any atom is -0.426 e. The van der Waals surface area contributed by atoms with Crippen molar-refractivity contribution in [2.45, 2.75) is 6.42 Å². The first-order valence-electron chi connectivity index (χ1n) is 6.37. The standard InChI is InChI=1S/C15H16BNO/c17-9-10-18-16-14-7-3-1-5-12(14)11-13-6-2-4-8-15(13)16/h1-8H,9-11,17H2. The summed E-state index contributed by atoms with van der Waals surface area (Å²) in [7, 11) is 0. The fourth-order valence-corrected chi connectivity index (χ4v) is 2.64. The van der Waals surface area contributed by atoms with Crippen molar-refractivity contribution in [2.75, 3.05) is 13.2 Å². The lowest BCUT2D eigenvalue weighted by Gasteiger charge is -2.25. The van der Waals surface area contributed by atoms with Gasteiger partial charge in [-0.3, -0.25) is 0 Å². The third kappa shape index (κ3) is 1.96. The molecule has 2 N–H and O–H groups in total. The van der Waals surface area contributed by atoms with E-state index in [1.165, 1.54) is 22.1 Å². The van der Waals surface area contributed by atoms with Crippen molar-refractivity contribution in [2.24, 2.45) is 5.73 Å². The molecule has 0 amide bonds. The van der Waals surface area contributed by atoms with E-state index in [9.17, 15) is 0 Å². The van der Waals surface area contributed by atoms with Crippen LogP contribution in [0.15, 0.2) is 48.5 Å². The Morgan fingerprint density at radius 3 is 2.06 bits per heavy atom. The minimum absolute atomic E-state index is 0.0368. The van der Waals surface area contributed by atoms with E-state index in [-0.39, 0.29) is 6.92 Å². The molecule has 2 aromatic carbocycles. The molecule has 0 unspecified atom stereocenters. The zero-order chi connectivity index (χ0) is 12.4. The number of hydrogen-bond donors (Lipinski definition) is 1. The smallest absolute Gasteiger partial charge is 0.362 e. The minimum atomic E-state index is 0.0368. The van der Waals surface area contributed by atoms with Crippen LogP contribution in [0.3, 0.4) is 0 Å². The Labute approximate surface area is 108 Å². The van der Waals surface area contributed by atoms with Crippen molar-refractivity contribution >= 4 is 17.8 Å². The lowest BCUT2D eigenvalue weighted by molar-refractivity contribution is 0.344. The van der Waals surface area contributed by atoms with Gasteiger partial charge in [0, 0.05) is 13.2 Å². The highest BCUT2D eigenvalue weighted by Crippen LogP contribution is 2.13. The largest absolute Gasteiger partial charge is 0.426 e. The third-order valence-electron chi connectivity index (χ3n) is 3.46. The molecule has 2 aromatic rings. The summed E-state index contributed by atoms with van der Waals surface area (Å²) in [5.74, 6) is 0. The van der Waals surface area contributed by atoms with Gasteiger partial charge in [0.25, 0.3) is 0 Å². The van der Waals surface area contributed by atoms with Gasteiger partial charge in [0.2, 0.25) is 0 Å². The Hall–Kier alpha value is -1.58. The molecule has 0 spiro atoms. The maximum Gasteiger partial charge on any atom is 0.362 e. The average Bonchev–Trinajstić information content (AvgIpc) is 2.43. The Balaban J connectivity index is 2.05. The van der Waals surface area contributed by atoms with Gasteiger partial charge in [0.15, 0.2) is 0 Å². The predicted molar refractivity (Wildman–Crippen MR) is 75.7 cm³/mol. The SMILES string of the molecule is NCCOB1c2ccccc2Cc2ccccc21. The van der Waals surface area contributed by atoms with E-state index in [0.29, 0.717) is 13.2 Å². The highest BCUT2D eigenvalue weighted by atomic mass is 16.4. The third-order valence-corrected chi connectivity index (χ3v) is 3.46. The predicted octanol–water partition coefficient (Wildman–Crippen LogP) is 0.672. The number of nitrogens with two attached hydrogens (primary N) is 1. The monoisotopic (exact) mass is 237 g/mol. The second-order valence-corrected chi connectivity index (χ2v) is 4.61. The summed E-state index contributed by atoms with van der Waals surface area (Å²) in [6.07, 6.45) is 0.995. The highest BCUT2D eigenvalue weighted by molar-refractivity contribution is 6.81. The van der Waals surface area contributed by atoms with E-state index in [1.54, 1.807) is 0 Å². The molecule has 0 saturated carbocycles. The van der Waals surface area contributed by atoms with Crippen molar-refractivity contribution in [1.29, 1.82) is 0 Å². The van der Waals surface area contributed by atoms with Crippen LogP contribution in [0.2, 0.25) is 0 Å². The average molecular weight is 237 g/mol. The highest BCUT2D eigenvalue weighted by Gasteiger charge is 2.29. The number of fused-ring (bicyclic) bond motifs is 2. The van der Waals surface area contributed by atoms with Crippen LogP contribution >= 0.6 is 0 Å². The van der Waals surface area contributed by atoms with E-state index in [0.717, 1.165) is 6.42 Å². The van der Waals surface area contributed by atoms with Gasteiger partial charge in [-0.1, -0.05) is 48.5 Å². The molecule has 0 bridgehead atoms. The Morgan fingerprint density at radius 1 is 0.944 bits per heavy atom. The van der Waals surface area contributed by atoms with Crippen LogP contribution in [-0.2, 0) is 11.1 Å². The number of rotatable bonds is 3. The quantitative estimate of drug-likeness (QED) is 0.796. The molecular formula is C15H16BNO. The zero-order valence-electron chi connectivity index (χ0n) is 10.3. The van der Waals surface area contributed by atoms with Crippen LogP contribution < -0.4 is 16.7 Å². The second-order valence-electron chi connectivity index (χ2n) is 4.61. The summed E-state index contributed by atoms with van der Waals surface area (Å²) in [5, 5.41) is 0. The fourth-order valence-electron chi connectivity index (χ4n) is 2.64. The van der Waals surface area contributed by atoms with Crippen LogP contribution in [0.25, 0.3) is 0 Å². The van der Waals surface area contributed by atoms with Gasteiger partial charge in [-0.25, -0.2) is 0 Å². The van der Waals surface area contributed by atoms with E-state index in [1.807, 2.05) is 0 Å². The lowest BCUT2D eigenvalue weighted by Crippen LogP contribution is -2.51. The van der Waals surface area contributed by atoms with Gasteiger partial charge in [0.05, 0.1) is 0 Å². The molecular weight excluding hydrogens is 221 g/mol. The molecule has 0 aliphatic carbocycles. The first-order chi connectivity index (χ1) is 8.90. The van der Waals surface area contributed by atoms with Crippen molar-refractivity contribution in [1.82, 2.24) is 0 Å². The molecule has 0 atom stereocenters. The van der Waals surface area contributed by atoms with Crippen molar-refractivity contribution in [3.8, 4) is 0 Å². The number of benzene rings is 2. The number of hydrogen-bond acceptors (Lipinski definition) is 2. The maximum absolute atomic E-state index is 5.96. The second kappa shape index (κ2) is 4.97. The summed E-state index contributed by atoms with van der Waals surface area (Å²) in [6, 6.07) is 17.0. The van der Waals surface area contributed by atoms with E-state index in [2.05, 4.69) is 48.5 Å². The van der Waals surface area contributed by atoms with Gasteiger partial charge in [-0.05, 0) is 28.5 Å². The summed E-state index contributed by atoms with van der Waals surface area (Å²) < 4.78 is 5.96. The molecule has 0 fully saturated rings. The van der Waals surface area contributed by atoms with Gasteiger partial charge in [-0.15, -0.1) is 0 Å². The van der Waals surface area contributed by atoms with Crippen LogP contribution in [0.5, 0.6) is 0 Å². The van der Waals surface area contributed by atoms with E-state index < -0.39 is 0 Å². The van der Waals surface area contributed by atoms with Crippen molar-refractivity contribution in [3.05, 3.63) is 59.7 Å². The first kappa shape index (κ1) is 11.5. The van der Waals surface area contributed by atoms with Crippen molar-refractivity contribution in [3.63, 3.8) is 0 Å². The zero-order valence-corrected chi connectivity index (χ0v) is 10.3. The van der Waals surface area contributed by atoms with Gasteiger partial charge in [0.1, 0.15) is 0 Å². The molecule has 1 aliphatic heterocycles. The van der Waals surface area contributed by atoms with E-state index >= 15 is 0 Å². The maximum atomic E-state index is 5.96. The molecule has 0 radical (unpaired) electrons. The normalized spacial score (nSPS) is 13.1. The van der Waals surface area contributed by atoms with Crippen LogP contribution in [0.4, 0.5) is 0 Å².